The van der Waals surface area contributed by atoms with E-state index in [1.165, 1.54) is 12.8 Å². The van der Waals surface area contributed by atoms with Crippen molar-refractivity contribution in [3.63, 3.8) is 0 Å². The van der Waals surface area contributed by atoms with Gasteiger partial charge in [-0.25, -0.2) is 0 Å². The lowest BCUT2D eigenvalue weighted by Crippen LogP contribution is -2.24. The maximum Gasteiger partial charge on any atom is 0.120 e. The average molecular weight is 195 g/mol. The van der Waals surface area contributed by atoms with E-state index < -0.39 is 0 Å². The van der Waals surface area contributed by atoms with E-state index in [0.29, 0.717) is 6.10 Å². The summed E-state index contributed by atoms with van der Waals surface area (Å²) in [4.78, 5) is 0. The quantitative estimate of drug-likeness (QED) is 0.804. The van der Waals surface area contributed by atoms with Crippen LogP contribution < -0.4 is 5.73 Å². The van der Waals surface area contributed by atoms with Gasteiger partial charge in [-0.3, -0.25) is 0 Å². The number of nitrogens with two attached hydrogens (primary N) is 1. The van der Waals surface area contributed by atoms with E-state index in [0.717, 1.165) is 25.2 Å². The summed E-state index contributed by atoms with van der Waals surface area (Å²) in [5, 5.41) is 0. The van der Waals surface area contributed by atoms with Crippen LogP contribution in [0.15, 0.2) is 22.8 Å². The van der Waals surface area contributed by atoms with E-state index in [-0.39, 0.29) is 6.04 Å². The van der Waals surface area contributed by atoms with Crippen LogP contribution >= 0.6 is 0 Å². The van der Waals surface area contributed by atoms with E-state index in [2.05, 4.69) is 0 Å². The van der Waals surface area contributed by atoms with Gasteiger partial charge in [0.15, 0.2) is 0 Å². The third-order valence-electron chi connectivity index (χ3n) is 2.70. The summed E-state index contributed by atoms with van der Waals surface area (Å²) in [5.41, 5.74) is 6.00. The summed E-state index contributed by atoms with van der Waals surface area (Å²) in [7, 11) is 0. The molecule has 1 aliphatic heterocycles. The number of hydrogen-bond acceptors (Lipinski definition) is 3. The van der Waals surface area contributed by atoms with Crippen LogP contribution in [0.2, 0.25) is 0 Å². The molecule has 1 fully saturated rings. The Morgan fingerprint density at radius 1 is 1.50 bits per heavy atom. The van der Waals surface area contributed by atoms with Crippen molar-refractivity contribution >= 4 is 0 Å². The maximum absolute atomic E-state index is 6.00. The summed E-state index contributed by atoms with van der Waals surface area (Å²) in [6, 6.07) is 3.78. The molecule has 2 atom stereocenters. The van der Waals surface area contributed by atoms with Gasteiger partial charge in [-0.1, -0.05) is 0 Å². The molecule has 0 radical (unpaired) electrons. The van der Waals surface area contributed by atoms with Crippen LogP contribution in [0.3, 0.4) is 0 Å². The van der Waals surface area contributed by atoms with Crippen LogP contribution in [0.5, 0.6) is 0 Å². The van der Waals surface area contributed by atoms with Crippen LogP contribution in [0.1, 0.15) is 37.5 Å². The van der Waals surface area contributed by atoms with Gasteiger partial charge in [-0.15, -0.1) is 0 Å². The van der Waals surface area contributed by atoms with Gasteiger partial charge in [0.05, 0.1) is 18.4 Å². The molecule has 0 aromatic carbocycles. The molecule has 2 rings (SSSR count). The van der Waals surface area contributed by atoms with E-state index in [1.54, 1.807) is 6.26 Å². The summed E-state index contributed by atoms with van der Waals surface area (Å²) >= 11 is 0. The third kappa shape index (κ3) is 2.36. The molecule has 0 aliphatic carbocycles. The molecule has 2 N–H and O–H groups in total. The number of ether oxygens (including phenoxy) is 1. The molecule has 1 aromatic heterocycles. The van der Waals surface area contributed by atoms with E-state index >= 15 is 0 Å². The first-order valence-electron chi connectivity index (χ1n) is 5.27. The molecule has 3 nitrogen and oxygen atoms in total. The van der Waals surface area contributed by atoms with Crippen LogP contribution in [-0.4, -0.2) is 12.7 Å². The molecule has 3 heteroatoms. The minimum absolute atomic E-state index is 0.0203. The Bertz CT molecular complexity index is 252. The highest BCUT2D eigenvalue weighted by Gasteiger charge is 2.19. The zero-order valence-corrected chi connectivity index (χ0v) is 8.32. The zero-order chi connectivity index (χ0) is 9.80. The van der Waals surface area contributed by atoms with E-state index in [1.807, 2.05) is 12.1 Å². The molecule has 0 bridgehead atoms. The van der Waals surface area contributed by atoms with Crippen molar-refractivity contribution < 1.29 is 9.15 Å². The van der Waals surface area contributed by atoms with Crippen LogP contribution in [0, 0.1) is 0 Å². The summed E-state index contributed by atoms with van der Waals surface area (Å²) < 4.78 is 10.9. The molecule has 14 heavy (non-hydrogen) atoms. The fraction of sp³-hybridized carbons (Fsp3) is 0.636. The lowest BCUT2D eigenvalue weighted by atomic mass is 10.0. The molecular weight excluding hydrogens is 178 g/mol. The van der Waals surface area contributed by atoms with Gasteiger partial charge in [0.2, 0.25) is 0 Å². The molecule has 2 unspecified atom stereocenters. The largest absolute Gasteiger partial charge is 0.468 e. The van der Waals surface area contributed by atoms with Crippen LogP contribution in [0.4, 0.5) is 0 Å². The Morgan fingerprint density at radius 3 is 3.07 bits per heavy atom. The van der Waals surface area contributed by atoms with E-state index in [9.17, 15) is 0 Å². The van der Waals surface area contributed by atoms with Crippen LogP contribution in [0.25, 0.3) is 0 Å². The molecule has 0 amide bonds. The van der Waals surface area contributed by atoms with Crippen molar-refractivity contribution in [3.05, 3.63) is 24.2 Å². The standard InChI is InChI=1S/C11H17NO2/c12-10(11-5-3-7-14-11)8-9-4-1-2-6-13-9/h3,5,7,9-10H,1-2,4,6,8,12H2. The molecular formula is C11H17NO2. The first-order chi connectivity index (χ1) is 6.86. The smallest absolute Gasteiger partial charge is 0.120 e. The lowest BCUT2D eigenvalue weighted by Gasteiger charge is -2.24. The molecule has 1 saturated heterocycles. The fourth-order valence-corrected chi connectivity index (χ4v) is 1.89. The van der Waals surface area contributed by atoms with Crippen LogP contribution in [-0.2, 0) is 4.74 Å². The van der Waals surface area contributed by atoms with Crippen molar-refractivity contribution in [3.8, 4) is 0 Å². The van der Waals surface area contributed by atoms with Gasteiger partial charge in [0.1, 0.15) is 5.76 Å². The molecule has 0 spiro atoms. The predicted octanol–water partition coefficient (Wildman–Crippen LogP) is 2.24. The summed E-state index contributed by atoms with van der Waals surface area (Å²) in [6.45, 7) is 0.884. The Kier molecular flexibility index (Phi) is 3.22. The SMILES string of the molecule is NC(CC1CCCCO1)c1ccco1. The van der Waals surface area contributed by atoms with Gasteiger partial charge in [0, 0.05) is 6.61 Å². The Morgan fingerprint density at radius 2 is 2.43 bits per heavy atom. The third-order valence-corrected chi connectivity index (χ3v) is 2.70. The molecule has 0 saturated carbocycles. The highest BCUT2D eigenvalue weighted by Crippen LogP contribution is 2.23. The monoisotopic (exact) mass is 195 g/mol. The number of furan rings is 1. The second-order valence-corrected chi connectivity index (χ2v) is 3.85. The van der Waals surface area contributed by atoms with Crippen molar-refractivity contribution in [1.29, 1.82) is 0 Å². The predicted molar refractivity (Wildman–Crippen MR) is 53.8 cm³/mol. The number of hydrogen-bond donors (Lipinski definition) is 1. The molecule has 78 valence electrons. The van der Waals surface area contributed by atoms with Gasteiger partial charge in [-0.2, -0.15) is 0 Å². The van der Waals surface area contributed by atoms with Gasteiger partial charge >= 0.3 is 0 Å². The fourth-order valence-electron chi connectivity index (χ4n) is 1.89. The lowest BCUT2D eigenvalue weighted by molar-refractivity contribution is 0.00621. The van der Waals surface area contributed by atoms with Crippen molar-refractivity contribution in [2.24, 2.45) is 5.73 Å². The molecule has 1 aromatic rings. The maximum atomic E-state index is 6.00. The topological polar surface area (TPSA) is 48.4 Å². The Labute approximate surface area is 84.2 Å². The summed E-state index contributed by atoms with van der Waals surface area (Å²) in [6.07, 6.45) is 6.43. The number of rotatable bonds is 3. The van der Waals surface area contributed by atoms with Crippen molar-refractivity contribution in [2.45, 2.75) is 37.8 Å². The first-order valence-corrected chi connectivity index (χ1v) is 5.27. The zero-order valence-electron chi connectivity index (χ0n) is 8.32. The first kappa shape index (κ1) is 9.74. The van der Waals surface area contributed by atoms with Crippen molar-refractivity contribution in [2.75, 3.05) is 6.61 Å². The van der Waals surface area contributed by atoms with Crippen molar-refractivity contribution in [1.82, 2.24) is 0 Å². The minimum Gasteiger partial charge on any atom is -0.468 e. The minimum atomic E-state index is -0.0203. The van der Waals surface area contributed by atoms with E-state index in [4.69, 9.17) is 14.9 Å². The normalized spacial score (nSPS) is 24.8. The van der Waals surface area contributed by atoms with Gasteiger partial charge in [0.25, 0.3) is 0 Å². The summed E-state index contributed by atoms with van der Waals surface area (Å²) in [5.74, 6) is 0.860. The van der Waals surface area contributed by atoms with Gasteiger partial charge in [-0.05, 0) is 37.8 Å². The van der Waals surface area contributed by atoms with Gasteiger partial charge < -0.3 is 14.9 Å². The Hall–Kier alpha value is -0.800. The highest BCUT2D eigenvalue weighted by molar-refractivity contribution is 5.03. The molecule has 2 heterocycles. The second-order valence-electron chi connectivity index (χ2n) is 3.85. The molecule has 1 aliphatic rings. The highest BCUT2D eigenvalue weighted by atomic mass is 16.5. The second kappa shape index (κ2) is 4.62. The average Bonchev–Trinajstić information content (AvgIpc) is 2.72. The Balaban J connectivity index is 1.84.